The van der Waals surface area contributed by atoms with Gasteiger partial charge in [-0.2, -0.15) is 16.8 Å². The molecule has 0 radical (unpaired) electrons. The first-order valence-electron chi connectivity index (χ1n) is 33.1. The molecule has 1 amide bonds. The van der Waals surface area contributed by atoms with E-state index in [1.165, 1.54) is 6.08 Å². The van der Waals surface area contributed by atoms with Crippen molar-refractivity contribution in [2.45, 2.75) is 266 Å². The summed E-state index contributed by atoms with van der Waals surface area (Å²) in [6, 6.07) is 0. The lowest BCUT2D eigenvalue weighted by Gasteiger charge is -2.50. The van der Waals surface area contributed by atoms with Crippen molar-refractivity contribution in [3.63, 3.8) is 0 Å². The second-order valence-corrected chi connectivity index (χ2v) is 28.8. The number of allylic oxidation sites excluding steroid dienone is 3. The summed E-state index contributed by atoms with van der Waals surface area (Å²) < 4.78 is 126. The van der Waals surface area contributed by atoms with Gasteiger partial charge >= 0.3 is 32.7 Å². The van der Waals surface area contributed by atoms with Crippen molar-refractivity contribution in [2.24, 2.45) is 17.8 Å². The van der Waals surface area contributed by atoms with Crippen LogP contribution in [0.1, 0.15) is 157 Å². The van der Waals surface area contributed by atoms with Crippen molar-refractivity contribution in [1.82, 2.24) is 5.32 Å². The van der Waals surface area contributed by atoms with Gasteiger partial charge in [-0.05, 0) is 114 Å². The van der Waals surface area contributed by atoms with Crippen LogP contribution in [0.4, 0.5) is 0 Å². The highest BCUT2D eigenvalue weighted by atomic mass is 32.3. The Labute approximate surface area is 556 Å². The van der Waals surface area contributed by atoms with Gasteiger partial charge in [-0.25, -0.2) is 13.2 Å². The SMILES string of the molecule is C=C1C(O)C2OC3(CCC(C=CC(C)C4CC(C)=CC5(OC(CC(O)C(=O)OCC(C)=CC=CCCOC(=O)CC=CCCC(=O)NCC(O)CC(O)C(OS(=O)(=O)O)C(O)COS(=O)(=O)O)CCC5O)O4)O3)CCC2OC1C(O)CC(C)C1OC2(CCCCO2)CCC1C. The highest BCUT2D eigenvalue weighted by Gasteiger charge is 2.55. The topological polar surface area (TPSA) is 415 Å². The zero-order chi connectivity index (χ0) is 69.5. The molecule has 6 saturated heterocycles. The number of amides is 1. The number of hydrogen-bond acceptors (Lipinski definition) is 25. The van der Waals surface area contributed by atoms with Crippen LogP contribution in [0.3, 0.4) is 0 Å². The molecule has 0 aromatic heterocycles. The van der Waals surface area contributed by atoms with Crippen LogP contribution in [-0.4, -0.2) is 221 Å². The summed E-state index contributed by atoms with van der Waals surface area (Å²) >= 11 is 0. The molecule has 0 aromatic rings. The summed E-state index contributed by atoms with van der Waals surface area (Å²) in [7, 11) is -10.4. The number of hydrogen-bond donors (Lipinski definition) is 10. The molecule has 21 atom stereocenters. The minimum Gasteiger partial charge on any atom is -0.465 e. The first-order chi connectivity index (χ1) is 44.8. The molecule has 7 aliphatic rings. The molecule has 540 valence electrons. The van der Waals surface area contributed by atoms with E-state index in [9.17, 15) is 67.0 Å². The average Bonchev–Trinajstić information content (AvgIpc) is 1.75. The fraction of sp³-hybridized carbons (Fsp3) is 0.769. The van der Waals surface area contributed by atoms with Gasteiger partial charge in [0.25, 0.3) is 0 Å². The van der Waals surface area contributed by atoms with E-state index in [1.807, 2.05) is 26.0 Å². The summed E-state index contributed by atoms with van der Waals surface area (Å²) in [5.41, 5.74) is 2.00. The predicted molar refractivity (Wildman–Crippen MR) is 337 cm³/mol. The Morgan fingerprint density at radius 1 is 0.842 bits per heavy atom. The summed E-state index contributed by atoms with van der Waals surface area (Å²) in [5, 5.41) is 78.5. The van der Waals surface area contributed by atoms with E-state index in [0.29, 0.717) is 81.5 Å². The summed E-state index contributed by atoms with van der Waals surface area (Å²) in [6.45, 7) is 13.1. The van der Waals surface area contributed by atoms with Crippen molar-refractivity contribution in [2.75, 3.05) is 33.0 Å². The van der Waals surface area contributed by atoms with E-state index in [2.05, 4.69) is 34.1 Å². The number of ether oxygens (including phenoxy) is 9. The zero-order valence-corrected chi connectivity index (χ0v) is 56.5. The molecule has 6 fully saturated rings. The Morgan fingerprint density at radius 3 is 2.32 bits per heavy atom. The van der Waals surface area contributed by atoms with Crippen molar-refractivity contribution < 1.29 is 127 Å². The number of aliphatic hydroxyl groups is 7. The van der Waals surface area contributed by atoms with Gasteiger partial charge in [0, 0.05) is 57.4 Å². The normalized spacial score (nSPS) is 33.6. The summed E-state index contributed by atoms with van der Waals surface area (Å²) in [4.78, 5) is 37.4. The minimum atomic E-state index is -5.30. The van der Waals surface area contributed by atoms with Gasteiger partial charge in [-0.1, -0.05) is 75.5 Å². The van der Waals surface area contributed by atoms with Crippen LogP contribution < -0.4 is 5.32 Å². The van der Waals surface area contributed by atoms with Crippen LogP contribution in [0.2, 0.25) is 0 Å². The molecular formula is C65H101NO27S2. The van der Waals surface area contributed by atoms with E-state index in [4.69, 9.17) is 51.7 Å². The standard InChI is InChI=1S/C65H101NO27S2/c1-39(15-9-8-13-29-83-56(74)17-11-7-10-16-55(73)66-36-45(67)33-49(69)60(93-95(80,81)82)51(71)38-86-94(77,78)79)37-84-62(76)50(70)34-47-20-21-54(72)65(89-47)35-40(2)31-53(90-65)41(3)18-19-46-23-27-64(88-46)28-24-52-61(92-64)57(75)44(6)59(87-52)48(68)32-43(5)58-42(4)22-26-63(91-58)25-12-14-30-85-63/h7-9,11,15,18-19,35,41-43,45-54,57-61,67-72,75H,6,10,12-14,16-17,20-34,36-38H2,1-5H3,(H,66,73)(H,77,78,79)(H,80,81,82). The average molecular weight is 1390 g/mol. The highest BCUT2D eigenvalue weighted by molar-refractivity contribution is 7.81. The summed E-state index contributed by atoms with van der Waals surface area (Å²) in [6.07, 6.45) is 6.61. The number of aliphatic hydroxyl groups excluding tert-OH is 7. The second-order valence-electron chi connectivity index (χ2n) is 26.6. The molecule has 3 spiro atoms. The van der Waals surface area contributed by atoms with E-state index in [0.717, 1.165) is 37.7 Å². The maximum atomic E-state index is 13.0. The van der Waals surface area contributed by atoms with Gasteiger partial charge in [0.2, 0.25) is 11.7 Å². The Bertz CT molecular complexity index is 2930. The number of rotatable bonds is 32. The molecule has 95 heavy (non-hydrogen) atoms. The summed E-state index contributed by atoms with van der Waals surface area (Å²) in [5.74, 6) is -4.72. The van der Waals surface area contributed by atoms with Crippen LogP contribution >= 0.6 is 0 Å². The first kappa shape index (κ1) is 78.4. The number of esters is 2. The highest BCUT2D eigenvalue weighted by Crippen LogP contribution is 2.48. The third-order valence-corrected chi connectivity index (χ3v) is 19.5. The molecule has 21 unspecified atom stereocenters. The van der Waals surface area contributed by atoms with Crippen LogP contribution in [0.5, 0.6) is 0 Å². The van der Waals surface area contributed by atoms with Crippen LogP contribution in [-0.2, 0) is 86.2 Å². The maximum Gasteiger partial charge on any atom is 0.397 e. The van der Waals surface area contributed by atoms with Crippen molar-refractivity contribution in [3.8, 4) is 0 Å². The van der Waals surface area contributed by atoms with Gasteiger partial charge in [0.05, 0.1) is 75.1 Å². The molecule has 7 heterocycles. The van der Waals surface area contributed by atoms with Crippen LogP contribution in [0.25, 0.3) is 0 Å². The van der Waals surface area contributed by atoms with E-state index in [1.54, 1.807) is 37.3 Å². The Balaban J connectivity index is 0.758. The third kappa shape index (κ3) is 23.6. The Kier molecular flexibility index (Phi) is 29.2. The second kappa shape index (κ2) is 35.4. The fourth-order valence-corrected chi connectivity index (χ4v) is 14.3. The molecular weight excluding hydrogens is 1290 g/mol. The monoisotopic (exact) mass is 1390 g/mol. The number of carbonyl (C=O) groups excluding carboxylic acids is 3. The Morgan fingerprint density at radius 2 is 1.59 bits per heavy atom. The number of fused-ring (bicyclic) bond motifs is 1. The lowest BCUT2D eigenvalue weighted by atomic mass is 9.79. The third-order valence-electron chi connectivity index (χ3n) is 18.6. The van der Waals surface area contributed by atoms with Crippen LogP contribution in [0, 0.1) is 17.8 Å². The van der Waals surface area contributed by atoms with Gasteiger partial charge in [0.1, 0.15) is 43.2 Å². The van der Waals surface area contributed by atoms with E-state index in [-0.39, 0.29) is 62.9 Å². The van der Waals surface area contributed by atoms with Crippen molar-refractivity contribution in [3.05, 3.63) is 71.9 Å². The van der Waals surface area contributed by atoms with E-state index >= 15 is 0 Å². The number of carbonyl (C=O) groups is 3. The Hall–Kier alpha value is -3.97. The van der Waals surface area contributed by atoms with Gasteiger partial charge in [-0.15, -0.1) is 0 Å². The predicted octanol–water partition coefficient (Wildman–Crippen LogP) is 4.04. The molecule has 28 nitrogen and oxygen atoms in total. The number of nitrogens with one attached hydrogen (secondary N) is 1. The van der Waals surface area contributed by atoms with Gasteiger partial charge in [-0.3, -0.25) is 18.7 Å². The molecule has 7 aliphatic heterocycles. The quantitative estimate of drug-likeness (QED) is 0.0149. The molecule has 30 heteroatoms. The van der Waals surface area contributed by atoms with Crippen molar-refractivity contribution in [1.29, 1.82) is 0 Å². The zero-order valence-electron chi connectivity index (χ0n) is 54.9. The van der Waals surface area contributed by atoms with Crippen molar-refractivity contribution >= 4 is 38.6 Å². The molecule has 0 aliphatic carbocycles. The lowest BCUT2D eigenvalue weighted by molar-refractivity contribution is -0.320. The minimum absolute atomic E-state index is 0.0142. The first-order valence-corrected chi connectivity index (χ1v) is 35.8. The lowest BCUT2D eigenvalue weighted by Crippen LogP contribution is -2.60. The largest absolute Gasteiger partial charge is 0.465 e. The molecule has 10 N–H and O–H groups in total. The molecule has 7 rings (SSSR count). The van der Waals surface area contributed by atoms with E-state index < -0.39 is 155 Å². The molecule has 0 aromatic carbocycles. The smallest absolute Gasteiger partial charge is 0.397 e. The maximum absolute atomic E-state index is 13.0. The van der Waals surface area contributed by atoms with Gasteiger partial charge in [0.15, 0.2) is 17.7 Å². The van der Waals surface area contributed by atoms with Crippen LogP contribution in [0.15, 0.2) is 71.9 Å². The fourth-order valence-electron chi connectivity index (χ4n) is 13.4. The molecule has 0 bridgehead atoms. The molecule has 0 saturated carbocycles. The van der Waals surface area contributed by atoms with Gasteiger partial charge < -0.3 is 83.7 Å².